The first-order valence-electron chi connectivity index (χ1n) is 1.76. The van der Waals surface area contributed by atoms with Gasteiger partial charge < -0.3 is 3.79 Å². The van der Waals surface area contributed by atoms with Gasteiger partial charge in [0.25, 0.3) is 0 Å². The summed E-state index contributed by atoms with van der Waals surface area (Å²) in [6, 6.07) is 0. The van der Waals surface area contributed by atoms with E-state index in [-0.39, 0.29) is 1.43 Å². The molecule has 0 saturated heterocycles. The number of hydrogen-bond donors (Lipinski definition) is 0. The first-order valence-corrected chi connectivity index (χ1v) is 3.05. The molecule has 0 saturated carbocycles. The summed E-state index contributed by atoms with van der Waals surface area (Å²) in [4.78, 5) is 0. The van der Waals surface area contributed by atoms with Crippen molar-refractivity contribution in [1.82, 2.24) is 0 Å². The zero-order valence-electron chi connectivity index (χ0n) is 3.69. The lowest BCUT2D eigenvalue weighted by Gasteiger charge is -1.80. The van der Waals surface area contributed by atoms with E-state index in [2.05, 4.69) is 6.92 Å². The van der Waals surface area contributed by atoms with Crippen LogP contribution in [0.1, 0.15) is 8.35 Å². The molecule has 0 aliphatic heterocycles. The lowest BCUT2D eigenvalue weighted by molar-refractivity contribution is 0.442. The number of rotatable bonds is 2. The first kappa shape index (κ1) is 5.49. The quantitative estimate of drug-likeness (QED) is 0.457. The summed E-state index contributed by atoms with van der Waals surface area (Å²) in [6.45, 7) is 2.12. The van der Waals surface area contributed by atoms with Crippen molar-refractivity contribution in [3.63, 3.8) is 0 Å². The highest BCUT2D eigenvalue weighted by molar-refractivity contribution is 6.26. The van der Waals surface area contributed by atoms with E-state index in [0.29, 0.717) is 15.6 Å². The summed E-state index contributed by atoms with van der Waals surface area (Å²) in [6.07, 6.45) is 0. The highest BCUT2D eigenvalue weighted by Gasteiger charge is 1.77. The van der Waals surface area contributed by atoms with Crippen molar-refractivity contribution in [2.45, 2.75) is 12.2 Å². The molecule has 0 fully saturated rings. The van der Waals surface area contributed by atoms with Crippen LogP contribution in [0.4, 0.5) is 0 Å². The molecule has 2 heteroatoms. The minimum absolute atomic E-state index is 0. The van der Waals surface area contributed by atoms with Crippen molar-refractivity contribution in [3.8, 4) is 0 Å². The molecule has 0 bridgehead atoms. The topological polar surface area (TPSA) is 9.23 Å². The van der Waals surface area contributed by atoms with Crippen LogP contribution in [0.3, 0.4) is 0 Å². The fraction of sp³-hybridized carbons (Fsp3) is 1.00. The molecule has 0 aromatic heterocycles. The Hall–Kier alpha value is 0.492. The summed E-state index contributed by atoms with van der Waals surface area (Å²) in [5.74, 6) is 0. The average molecular weight is 89.1 g/mol. The molecule has 31 valence electrons. The third kappa shape index (κ3) is 4.49. The van der Waals surface area contributed by atoms with Gasteiger partial charge in [-0.3, -0.25) is 0 Å². The molecule has 0 rings (SSSR count). The second-order valence-electron chi connectivity index (χ2n) is 0.811. The predicted molar refractivity (Wildman–Crippen MR) is 25.4 cm³/mol. The molecule has 0 unspecified atom stereocenters. The van der Waals surface area contributed by atoms with Crippen LogP contribution in [0.25, 0.3) is 0 Å². The van der Waals surface area contributed by atoms with Crippen LogP contribution >= 0.6 is 0 Å². The zero-order valence-corrected chi connectivity index (χ0v) is 4.85. The highest BCUT2D eigenvalue weighted by atomic mass is 27.1. The second kappa shape index (κ2) is 4.49. The van der Waals surface area contributed by atoms with Gasteiger partial charge in [0.05, 0.1) is 0 Å². The Morgan fingerprint density at radius 1 is 2.00 bits per heavy atom. The first-order chi connectivity index (χ1) is 2.41. The molecule has 0 amide bonds. The number of hydrogen-bond acceptors (Lipinski definition) is 1. The largest absolute Gasteiger partial charge is 0.509 e. The van der Waals surface area contributed by atoms with Crippen LogP contribution in [0, 0.1) is 0 Å². The Balaban J connectivity index is 0. The average Bonchev–Trinajstić information content (AvgIpc) is 1.41. The third-order valence-corrected chi connectivity index (χ3v) is 1.00. The minimum Gasteiger partial charge on any atom is -0.509 e. The van der Waals surface area contributed by atoms with Crippen LogP contribution < -0.4 is 0 Å². The smallest absolute Gasteiger partial charge is 0.422 e. The van der Waals surface area contributed by atoms with Gasteiger partial charge in [-0.05, 0) is 0 Å². The van der Waals surface area contributed by atoms with Gasteiger partial charge in [-0.1, -0.05) is 12.2 Å². The maximum atomic E-state index is 4.77. The Morgan fingerprint density at radius 3 is 2.60 bits per heavy atom. The Bertz CT molecular complexity index is 18.3. The van der Waals surface area contributed by atoms with E-state index in [1.54, 1.807) is 7.11 Å². The molecule has 0 aromatic rings. The SMILES string of the molecule is C[CH2][Al][O]C.[HH]. The molecule has 0 N–H and O–H groups in total. The molecule has 0 aromatic carbocycles. The van der Waals surface area contributed by atoms with Crippen LogP contribution in [0.5, 0.6) is 0 Å². The van der Waals surface area contributed by atoms with Gasteiger partial charge in [-0.2, -0.15) is 0 Å². The molecule has 0 aliphatic rings. The van der Waals surface area contributed by atoms with E-state index in [0.717, 1.165) is 0 Å². The van der Waals surface area contributed by atoms with E-state index in [4.69, 9.17) is 3.79 Å². The van der Waals surface area contributed by atoms with Gasteiger partial charge in [0, 0.05) is 8.54 Å². The van der Waals surface area contributed by atoms with Gasteiger partial charge in [-0.15, -0.1) is 0 Å². The van der Waals surface area contributed by atoms with Gasteiger partial charge in [0.15, 0.2) is 0 Å². The molecule has 1 nitrogen and oxygen atoms in total. The van der Waals surface area contributed by atoms with E-state index in [1.807, 2.05) is 0 Å². The van der Waals surface area contributed by atoms with Gasteiger partial charge in [0.2, 0.25) is 0 Å². The van der Waals surface area contributed by atoms with E-state index in [1.165, 1.54) is 5.28 Å². The van der Waals surface area contributed by atoms with E-state index in [9.17, 15) is 0 Å². The Kier molecular flexibility index (Phi) is 4.93. The summed E-state index contributed by atoms with van der Waals surface area (Å²) >= 11 is 0.315. The summed E-state index contributed by atoms with van der Waals surface area (Å²) in [7, 11) is 1.75. The summed E-state index contributed by atoms with van der Waals surface area (Å²) in [5, 5.41) is 1.20. The third-order valence-electron chi connectivity index (χ3n) is 0.333. The zero-order chi connectivity index (χ0) is 4.12. The van der Waals surface area contributed by atoms with Crippen molar-refractivity contribution in [2.24, 2.45) is 0 Å². The maximum absolute atomic E-state index is 4.77. The lowest BCUT2D eigenvalue weighted by Crippen LogP contribution is -1.86. The maximum Gasteiger partial charge on any atom is 0.422 e. The molecule has 0 heterocycles. The second-order valence-corrected chi connectivity index (χ2v) is 2.43. The Labute approximate surface area is 40.9 Å². The van der Waals surface area contributed by atoms with Gasteiger partial charge in [-0.25, -0.2) is 0 Å². The van der Waals surface area contributed by atoms with Crippen LogP contribution in [0.2, 0.25) is 5.28 Å². The summed E-state index contributed by atoms with van der Waals surface area (Å²) < 4.78 is 4.77. The molecule has 5 heavy (non-hydrogen) atoms. The van der Waals surface area contributed by atoms with Crippen LogP contribution in [-0.4, -0.2) is 22.7 Å². The lowest BCUT2D eigenvalue weighted by atomic mass is 11.0. The molecular formula is C3H10AlO. The Morgan fingerprint density at radius 2 is 2.60 bits per heavy atom. The molecule has 0 aliphatic carbocycles. The van der Waals surface area contributed by atoms with E-state index < -0.39 is 0 Å². The summed E-state index contributed by atoms with van der Waals surface area (Å²) in [5.41, 5.74) is 0. The highest BCUT2D eigenvalue weighted by Crippen LogP contribution is 1.68. The van der Waals surface area contributed by atoms with Crippen molar-refractivity contribution in [2.75, 3.05) is 7.11 Å². The van der Waals surface area contributed by atoms with Gasteiger partial charge >= 0.3 is 15.6 Å². The molecule has 0 atom stereocenters. The predicted octanol–water partition coefficient (Wildman–Crippen LogP) is 0.936. The van der Waals surface area contributed by atoms with Crippen molar-refractivity contribution >= 4 is 15.6 Å². The minimum atomic E-state index is 0. The van der Waals surface area contributed by atoms with Crippen molar-refractivity contribution in [3.05, 3.63) is 0 Å². The van der Waals surface area contributed by atoms with Crippen molar-refractivity contribution < 1.29 is 5.22 Å². The monoisotopic (exact) mass is 89.1 g/mol. The molecular weight excluding hydrogens is 79.0 g/mol. The fourth-order valence-corrected chi connectivity index (χ4v) is 0.500. The molecule has 1 radical (unpaired) electrons. The normalized spacial score (nSPS) is 7.60. The van der Waals surface area contributed by atoms with Crippen molar-refractivity contribution in [1.29, 1.82) is 0 Å². The van der Waals surface area contributed by atoms with Gasteiger partial charge in [0.1, 0.15) is 0 Å². The van der Waals surface area contributed by atoms with Crippen LogP contribution in [0.15, 0.2) is 0 Å². The molecule has 0 spiro atoms. The fourth-order valence-electron chi connectivity index (χ4n) is 0.167. The standard InChI is InChI=1S/C2H5.CH3O.Al.H2/c2*1-2;;/h1H2,2H3;1H3;;1H/q;-1;+1;. The van der Waals surface area contributed by atoms with E-state index >= 15 is 0 Å². The van der Waals surface area contributed by atoms with Crippen LogP contribution in [-0.2, 0) is 3.79 Å².